The smallest absolute Gasteiger partial charge is 0.113 e. The number of hydrogen-bond acceptors (Lipinski definition) is 3. The number of aromatic nitrogens is 1. The second kappa shape index (κ2) is 4.45. The maximum Gasteiger partial charge on any atom is 0.113 e. The van der Waals surface area contributed by atoms with Crippen LogP contribution in [0.25, 0.3) is 0 Å². The average molecular weight is 322 g/mol. The molecular formula is C10H15IN2S. The van der Waals surface area contributed by atoms with E-state index in [4.69, 9.17) is 5.73 Å². The monoisotopic (exact) mass is 322 g/mol. The van der Waals surface area contributed by atoms with Gasteiger partial charge in [-0.3, -0.25) is 0 Å². The molecule has 4 heteroatoms. The molecule has 0 bridgehead atoms. The van der Waals surface area contributed by atoms with Crippen molar-refractivity contribution >= 4 is 33.9 Å². The van der Waals surface area contributed by atoms with E-state index < -0.39 is 0 Å². The Morgan fingerprint density at radius 3 is 2.43 bits per heavy atom. The highest BCUT2D eigenvalue weighted by Crippen LogP contribution is 2.35. The van der Waals surface area contributed by atoms with E-state index in [0.29, 0.717) is 0 Å². The summed E-state index contributed by atoms with van der Waals surface area (Å²) in [6.07, 6.45) is 9.33. The third kappa shape index (κ3) is 2.28. The first kappa shape index (κ1) is 10.8. The molecular weight excluding hydrogens is 307 g/mol. The van der Waals surface area contributed by atoms with Crippen molar-refractivity contribution in [3.63, 3.8) is 0 Å². The largest absolute Gasteiger partial charge is 0.319 e. The van der Waals surface area contributed by atoms with Gasteiger partial charge >= 0.3 is 0 Å². The highest BCUT2D eigenvalue weighted by atomic mass is 127. The maximum absolute atomic E-state index is 6.44. The quantitative estimate of drug-likeness (QED) is 0.637. The molecule has 1 aromatic rings. The lowest BCUT2D eigenvalue weighted by atomic mass is 9.92. The lowest BCUT2D eigenvalue weighted by Crippen LogP contribution is -2.35. The van der Waals surface area contributed by atoms with Crippen molar-refractivity contribution in [2.75, 3.05) is 0 Å². The van der Waals surface area contributed by atoms with Crippen LogP contribution in [0.4, 0.5) is 0 Å². The zero-order valence-corrected chi connectivity index (χ0v) is 11.1. The van der Waals surface area contributed by atoms with Crippen LogP contribution in [0.15, 0.2) is 6.20 Å². The fourth-order valence-electron chi connectivity index (χ4n) is 2.06. The third-order valence-corrected chi connectivity index (χ3v) is 4.84. The van der Waals surface area contributed by atoms with E-state index in [1.807, 2.05) is 6.20 Å². The summed E-state index contributed by atoms with van der Waals surface area (Å²) >= 11 is 4.07. The van der Waals surface area contributed by atoms with Gasteiger partial charge < -0.3 is 5.73 Å². The number of rotatable bonds is 1. The molecule has 0 aromatic carbocycles. The Bertz CT molecular complexity index is 303. The van der Waals surface area contributed by atoms with Crippen LogP contribution >= 0.6 is 33.9 Å². The first-order chi connectivity index (χ1) is 6.71. The Morgan fingerprint density at radius 1 is 1.29 bits per heavy atom. The fourth-order valence-corrected chi connectivity index (χ4v) is 3.63. The van der Waals surface area contributed by atoms with Crippen molar-refractivity contribution in [1.82, 2.24) is 4.98 Å². The minimum atomic E-state index is -0.120. The number of nitrogens with two attached hydrogens (primary N) is 1. The second-order valence-corrected chi connectivity index (χ2v) is 6.96. The van der Waals surface area contributed by atoms with E-state index >= 15 is 0 Å². The topological polar surface area (TPSA) is 38.9 Å². The molecule has 0 amide bonds. The molecule has 1 fully saturated rings. The number of hydrogen-bond donors (Lipinski definition) is 1. The van der Waals surface area contributed by atoms with Crippen molar-refractivity contribution in [2.45, 2.75) is 44.1 Å². The van der Waals surface area contributed by atoms with Gasteiger partial charge in [-0.05, 0) is 35.4 Å². The van der Waals surface area contributed by atoms with Gasteiger partial charge in [-0.1, -0.05) is 25.7 Å². The summed E-state index contributed by atoms with van der Waals surface area (Å²) in [7, 11) is 0. The van der Waals surface area contributed by atoms with E-state index in [1.165, 1.54) is 28.6 Å². The van der Waals surface area contributed by atoms with Crippen molar-refractivity contribution in [1.29, 1.82) is 0 Å². The fraction of sp³-hybridized carbons (Fsp3) is 0.700. The third-order valence-electron chi connectivity index (χ3n) is 2.90. The van der Waals surface area contributed by atoms with Gasteiger partial charge in [-0.2, -0.15) is 0 Å². The van der Waals surface area contributed by atoms with Crippen molar-refractivity contribution in [3.8, 4) is 0 Å². The van der Waals surface area contributed by atoms with Gasteiger partial charge in [0.25, 0.3) is 0 Å². The van der Waals surface area contributed by atoms with Crippen LogP contribution in [0, 0.1) is 2.88 Å². The Kier molecular flexibility index (Phi) is 3.44. The van der Waals surface area contributed by atoms with E-state index in [9.17, 15) is 0 Å². The van der Waals surface area contributed by atoms with Gasteiger partial charge in [0, 0.05) is 0 Å². The molecule has 78 valence electrons. The standard InChI is InChI=1S/C10H15IN2S/c11-8-7-13-9(14-8)10(12)5-3-1-2-4-6-10/h7H,1-6,12H2. The van der Waals surface area contributed by atoms with Gasteiger partial charge in [0.2, 0.25) is 0 Å². The molecule has 2 nitrogen and oxygen atoms in total. The Morgan fingerprint density at radius 2 is 1.93 bits per heavy atom. The van der Waals surface area contributed by atoms with Gasteiger partial charge in [0.1, 0.15) is 5.01 Å². The minimum Gasteiger partial charge on any atom is -0.319 e. The summed E-state index contributed by atoms with van der Waals surface area (Å²) in [5.41, 5.74) is 6.32. The maximum atomic E-state index is 6.44. The molecule has 1 saturated carbocycles. The van der Waals surface area contributed by atoms with Crippen molar-refractivity contribution < 1.29 is 0 Å². The molecule has 0 radical (unpaired) electrons. The number of halogens is 1. The lowest BCUT2D eigenvalue weighted by Gasteiger charge is -2.25. The van der Waals surface area contributed by atoms with E-state index in [1.54, 1.807) is 11.3 Å². The molecule has 1 heterocycles. The Labute approximate surface area is 102 Å². The van der Waals surface area contributed by atoms with Crippen molar-refractivity contribution in [2.24, 2.45) is 5.73 Å². The first-order valence-electron chi connectivity index (χ1n) is 5.11. The molecule has 0 unspecified atom stereocenters. The molecule has 2 N–H and O–H groups in total. The van der Waals surface area contributed by atoms with Crippen LogP contribution in [-0.2, 0) is 5.54 Å². The van der Waals surface area contributed by atoms with Crippen LogP contribution < -0.4 is 5.73 Å². The van der Waals surface area contributed by atoms with Crippen molar-refractivity contribution in [3.05, 3.63) is 14.1 Å². The summed E-state index contributed by atoms with van der Waals surface area (Å²) in [5, 5.41) is 1.14. The predicted octanol–water partition coefficient (Wildman–Crippen LogP) is 3.26. The molecule has 1 aromatic heterocycles. The zero-order chi connectivity index (χ0) is 10.0. The highest BCUT2D eigenvalue weighted by molar-refractivity contribution is 14.1. The molecule has 2 rings (SSSR count). The summed E-state index contributed by atoms with van der Waals surface area (Å²) in [6.45, 7) is 0. The van der Waals surface area contributed by atoms with E-state index in [0.717, 1.165) is 17.8 Å². The van der Waals surface area contributed by atoms with E-state index in [2.05, 4.69) is 27.6 Å². The zero-order valence-electron chi connectivity index (χ0n) is 8.13. The molecule has 0 saturated heterocycles. The summed E-state index contributed by atoms with van der Waals surface area (Å²) in [5.74, 6) is 0. The number of nitrogens with zero attached hydrogens (tertiary/aromatic N) is 1. The minimum absolute atomic E-state index is 0.120. The molecule has 14 heavy (non-hydrogen) atoms. The summed E-state index contributed by atoms with van der Waals surface area (Å²) < 4.78 is 1.24. The Hall–Kier alpha value is 0.320. The van der Waals surface area contributed by atoms with Crippen LogP contribution in [0.5, 0.6) is 0 Å². The normalized spacial score (nSPS) is 21.9. The second-order valence-electron chi connectivity index (χ2n) is 4.04. The lowest BCUT2D eigenvalue weighted by molar-refractivity contribution is 0.384. The number of thiazole rings is 1. The predicted molar refractivity (Wildman–Crippen MR) is 68.4 cm³/mol. The molecule has 0 atom stereocenters. The van der Waals surface area contributed by atoms with Gasteiger partial charge in [-0.25, -0.2) is 4.98 Å². The molecule has 1 aliphatic carbocycles. The molecule has 0 aliphatic heterocycles. The van der Waals surface area contributed by atoms with Gasteiger partial charge in [0.05, 0.1) is 14.6 Å². The van der Waals surface area contributed by atoms with Crippen LogP contribution in [-0.4, -0.2) is 4.98 Å². The highest BCUT2D eigenvalue weighted by Gasteiger charge is 2.30. The summed E-state index contributed by atoms with van der Waals surface area (Å²) in [6, 6.07) is 0. The first-order valence-corrected chi connectivity index (χ1v) is 7.01. The average Bonchev–Trinajstić information content (AvgIpc) is 2.47. The Balaban J connectivity index is 2.20. The SMILES string of the molecule is NC1(c2ncc(I)s2)CCCCCC1. The van der Waals surface area contributed by atoms with Gasteiger partial charge in [-0.15, -0.1) is 11.3 Å². The van der Waals surface area contributed by atoms with Crippen LogP contribution in [0.3, 0.4) is 0 Å². The molecule has 1 aliphatic rings. The van der Waals surface area contributed by atoms with Crippen LogP contribution in [0.1, 0.15) is 43.5 Å². The van der Waals surface area contributed by atoms with Crippen LogP contribution in [0.2, 0.25) is 0 Å². The van der Waals surface area contributed by atoms with E-state index in [-0.39, 0.29) is 5.54 Å². The molecule has 0 spiro atoms. The van der Waals surface area contributed by atoms with Gasteiger partial charge in [0.15, 0.2) is 0 Å². The summed E-state index contributed by atoms with van der Waals surface area (Å²) in [4.78, 5) is 4.44.